The number of hydrogen-bond acceptors (Lipinski definition) is 4. The second kappa shape index (κ2) is 22.0. The van der Waals surface area contributed by atoms with Gasteiger partial charge < -0.3 is 15.0 Å². The summed E-state index contributed by atoms with van der Waals surface area (Å²) in [6.45, 7) is 19.9. The van der Waals surface area contributed by atoms with Crippen molar-refractivity contribution in [3.63, 3.8) is 0 Å². The zero-order valence-electron chi connectivity index (χ0n) is 16.0. The van der Waals surface area contributed by atoms with Gasteiger partial charge in [-0.15, -0.1) is 6.58 Å². The molecule has 1 aliphatic heterocycles. The highest BCUT2D eigenvalue weighted by Gasteiger charge is 2.02. The van der Waals surface area contributed by atoms with Crippen LogP contribution in [0.1, 0.15) is 53.9 Å². The Morgan fingerprint density at radius 1 is 1.27 bits per heavy atom. The summed E-state index contributed by atoms with van der Waals surface area (Å²) in [6.07, 6.45) is 6.03. The zero-order chi connectivity index (χ0) is 17.8. The SMILES string of the molecule is C=CC.C=N/C(NCC)=C(\C)OC.CC.CN1CCCCC1. The molecule has 0 saturated carbocycles. The van der Waals surface area contributed by atoms with Gasteiger partial charge in [-0.25, -0.2) is 4.99 Å². The van der Waals surface area contributed by atoms with E-state index in [1.165, 1.54) is 32.4 Å². The third-order valence-corrected chi connectivity index (χ3v) is 2.72. The molecular formula is C18H39N3O. The van der Waals surface area contributed by atoms with Gasteiger partial charge in [0.15, 0.2) is 5.82 Å². The van der Waals surface area contributed by atoms with E-state index in [1.807, 2.05) is 34.6 Å². The first-order valence-electron chi connectivity index (χ1n) is 8.28. The van der Waals surface area contributed by atoms with E-state index in [0.717, 1.165) is 12.3 Å². The third kappa shape index (κ3) is 18.7. The minimum Gasteiger partial charge on any atom is -0.498 e. The Morgan fingerprint density at radius 3 is 1.95 bits per heavy atom. The molecule has 1 saturated heterocycles. The Kier molecular flexibility index (Phi) is 25.7. The monoisotopic (exact) mass is 313 g/mol. The molecule has 22 heavy (non-hydrogen) atoms. The van der Waals surface area contributed by atoms with Crippen LogP contribution in [-0.2, 0) is 4.74 Å². The van der Waals surface area contributed by atoms with Crippen LogP contribution in [0.4, 0.5) is 0 Å². The summed E-state index contributed by atoms with van der Waals surface area (Å²) < 4.78 is 4.94. The average molecular weight is 314 g/mol. The lowest BCUT2D eigenvalue weighted by molar-refractivity contribution is 0.277. The number of piperidine rings is 1. The third-order valence-electron chi connectivity index (χ3n) is 2.72. The van der Waals surface area contributed by atoms with Crippen molar-refractivity contribution in [3.05, 3.63) is 24.2 Å². The van der Waals surface area contributed by atoms with Crippen LogP contribution in [0.25, 0.3) is 0 Å². The van der Waals surface area contributed by atoms with E-state index in [0.29, 0.717) is 5.82 Å². The quantitative estimate of drug-likeness (QED) is 0.473. The van der Waals surface area contributed by atoms with Crippen LogP contribution in [0, 0.1) is 0 Å². The molecule has 0 bridgehead atoms. The van der Waals surface area contributed by atoms with Gasteiger partial charge in [-0.1, -0.05) is 26.3 Å². The number of methoxy groups -OCH3 is 1. The minimum atomic E-state index is 0.713. The van der Waals surface area contributed by atoms with Crippen molar-refractivity contribution in [2.24, 2.45) is 4.99 Å². The van der Waals surface area contributed by atoms with Crippen molar-refractivity contribution < 1.29 is 4.74 Å². The predicted octanol–water partition coefficient (Wildman–Crippen LogP) is 4.45. The van der Waals surface area contributed by atoms with Gasteiger partial charge in [0.2, 0.25) is 0 Å². The van der Waals surface area contributed by atoms with Crippen molar-refractivity contribution in [1.29, 1.82) is 0 Å². The fraction of sp³-hybridized carbons (Fsp3) is 0.722. The summed E-state index contributed by atoms with van der Waals surface area (Å²) in [7, 11) is 3.80. The second-order valence-electron chi connectivity index (χ2n) is 4.57. The highest BCUT2D eigenvalue weighted by molar-refractivity contribution is 5.29. The van der Waals surface area contributed by atoms with Crippen molar-refractivity contribution in [1.82, 2.24) is 10.2 Å². The Bertz CT molecular complexity index is 270. The maximum absolute atomic E-state index is 4.94. The fourth-order valence-corrected chi connectivity index (χ4v) is 1.61. The van der Waals surface area contributed by atoms with Crippen LogP contribution in [0.15, 0.2) is 29.2 Å². The molecule has 1 rings (SSSR count). The van der Waals surface area contributed by atoms with Gasteiger partial charge in [0.05, 0.1) is 7.11 Å². The van der Waals surface area contributed by atoms with Gasteiger partial charge in [0, 0.05) is 6.54 Å². The van der Waals surface area contributed by atoms with E-state index >= 15 is 0 Å². The summed E-state index contributed by atoms with van der Waals surface area (Å²) >= 11 is 0. The lowest BCUT2D eigenvalue weighted by Crippen LogP contribution is -2.24. The smallest absolute Gasteiger partial charge is 0.163 e. The van der Waals surface area contributed by atoms with Gasteiger partial charge >= 0.3 is 0 Å². The van der Waals surface area contributed by atoms with E-state index in [9.17, 15) is 0 Å². The Hall–Kier alpha value is -1.29. The van der Waals surface area contributed by atoms with Crippen molar-refractivity contribution >= 4 is 6.72 Å². The minimum absolute atomic E-state index is 0.713. The molecule has 1 fully saturated rings. The first-order valence-corrected chi connectivity index (χ1v) is 8.28. The first kappa shape index (κ1) is 25.7. The van der Waals surface area contributed by atoms with Crippen molar-refractivity contribution in [3.8, 4) is 0 Å². The number of aliphatic imine (C=N–C) groups is 1. The summed E-state index contributed by atoms with van der Waals surface area (Å²) in [5.41, 5.74) is 0. The maximum Gasteiger partial charge on any atom is 0.163 e. The first-order chi connectivity index (χ1) is 10.6. The lowest BCUT2D eigenvalue weighted by atomic mass is 10.1. The standard InChI is InChI=1S/C7H14N2O.C6H13N.C3H6.C2H6/c1-5-9-7(8-3)6(2)10-4;1-7-5-3-2-4-6-7;1-3-2;1-2/h9H,3,5H2,1-2,4H3;2-6H2,1H3;3H,1H2,2H3;1-2H3/b7-6-;;;. The van der Waals surface area contributed by atoms with Crippen LogP contribution < -0.4 is 5.32 Å². The predicted molar refractivity (Wildman–Crippen MR) is 102 cm³/mol. The van der Waals surface area contributed by atoms with E-state index in [4.69, 9.17) is 4.74 Å². The molecule has 132 valence electrons. The van der Waals surface area contributed by atoms with E-state index < -0.39 is 0 Å². The average Bonchev–Trinajstić information content (AvgIpc) is 2.56. The maximum atomic E-state index is 4.94. The summed E-state index contributed by atoms with van der Waals surface area (Å²) in [5.74, 6) is 1.47. The molecule has 1 N–H and O–H groups in total. The molecule has 0 spiro atoms. The molecule has 4 heteroatoms. The molecule has 1 heterocycles. The van der Waals surface area contributed by atoms with Crippen LogP contribution >= 0.6 is 0 Å². The number of rotatable bonds is 4. The number of nitrogens with one attached hydrogen (secondary N) is 1. The van der Waals surface area contributed by atoms with E-state index in [-0.39, 0.29) is 0 Å². The highest BCUT2D eigenvalue weighted by atomic mass is 16.5. The number of likely N-dealkylation sites (tertiary alicyclic amines) is 1. The topological polar surface area (TPSA) is 36.9 Å². The number of nitrogens with zero attached hydrogens (tertiary/aromatic N) is 2. The molecule has 0 aliphatic carbocycles. The Balaban J connectivity index is -0.000000261. The molecule has 0 aromatic heterocycles. The van der Waals surface area contributed by atoms with Crippen LogP contribution in [0.2, 0.25) is 0 Å². The van der Waals surface area contributed by atoms with Crippen molar-refractivity contribution in [2.45, 2.75) is 53.9 Å². The molecule has 0 aromatic carbocycles. The van der Waals surface area contributed by atoms with Gasteiger partial charge in [-0.3, -0.25) is 0 Å². The molecule has 0 radical (unpaired) electrons. The fourth-order valence-electron chi connectivity index (χ4n) is 1.61. The molecule has 1 aliphatic rings. The van der Waals surface area contributed by atoms with Gasteiger partial charge in [0.1, 0.15) is 5.76 Å². The summed E-state index contributed by atoms with van der Waals surface area (Å²) in [4.78, 5) is 6.13. The molecule has 0 aromatic rings. The van der Waals surface area contributed by atoms with Crippen LogP contribution in [0.3, 0.4) is 0 Å². The normalized spacial score (nSPS) is 14.3. The molecular weight excluding hydrogens is 274 g/mol. The summed E-state index contributed by atoms with van der Waals surface area (Å²) in [5, 5.41) is 3.01. The van der Waals surface area contributed by atoms with E-state index in [2.05, 4.69) is 35.6 Å². The Labute approximate surface area is 139 Å². The number of hydrogen-bond donors (Lipinski definition) is 1. The molecule has 0 unspecified atom stereocenters. The Morgan fingerprint density at radius 2 is 1.73 bits per heavy atom. The highest BCUT2D eigenvalue weighted by Crippen LogP contribution is 2.04. The van der Waals surface area contributed by atoms with Crippen LogP contribution in [-0.4, -0.2) is 45.4 Å². The number of ether oxygens (including phenoxy) is 1. The van der Waals surface area contributed by atoms with Gasteiger partial charge in [-0.05, 0) is 60.5 Å². The van der Waals surface area contributed by atoms with Crippen LogP contribution in [0.5, 0.6) is 0 Å². The molecule has 0 atom stereocenters. The second-order valence-corrected chi connectivity index (χ2v) is 4.57. The van der Waals surface area contributed by atoms with E-state index in [1.54, 1.807) is 13.2 Å². The van der Waals surface area contributed by atoms with Gasteiger partial charge in [0.25, 0.3) is 0 Å². The lowest BCUT2D eigenvalue weighted by Gasteiger charge is -2.20. The molecule has 0 amide bonds. The van der Waals surface area contributed by atoms with Crippen molar-refractivity contribution in [2.75, 3.05) is 33.8 Å². The molecule has 4 nitrogen and oxygen atoms in total. The summed E-state index contributed by atoms with van der Waals surface area (Å²) in [6, 6.07) is 0. The zero-order valence-corrected chi connectivity index (χ0v) is 16.0. The van der Waals surface area contributed by atoms with Gasteiger partial charge in [-0.2, -0.15) is 0 Å². The largest absolute Gasteiger partial charge is 0.498 e. The number of allylic oxidation sites excluding steroid dienone is 2.